The van der Waals surface area contributed by atoms with Gasteiger partial charge < -0.3 is 25.6 Å². The van der Waals surface area contributed by atoms with Crippen molar-refractivity contribution >= 4 is 18.0 Å². The number of hydrogen-bond acceptors (Lipinski definition) is 5. The third kappa shape index (κ3) is 10.3. The molecular formula is C29H46N2O6. The summed E-state index contributed by atoms with van der Waals surface area (Å²) in [5, 5.41) is 24.7. The number of benzene rings is 1. The number of carboxylic acid groups (broad SMARTS) is 2. The van der Waals surface area contributed by atoms with Gasteiger partial charge in [0.1, 0.15) is 12.1 Å². The van der Waals surface area contributed by atoms with Crippen molar-refractivity contribution < 1.29 is 29.3 Å². The molecule has 1 aromatic rings. The van der Waals surface area contributed by atoms with Crippen LogP contribution < -0.4 is 10.6 Å². The van der Waals surface area contributed by atoms with E-state index < -0.39 is 29.0 Å². The van der Waals surface area contributed by atoms with E-state index in [-0.39, 0.29) is 19.4 Å². The third-order valence-corrected chi connectivity index (χ3v) is 7.57. The SMILES string of the molecule is C1CCC(NC2CCCCC2)CC1.CC(C)(C)[C@@](CCC(=O)O)(NC(=O)OCc1ccccc1)C(=O)O. The second kappa shape index (κ2) is 15.0. The molecule has 208 valence electrons. The van der Waals surface area contributed by atoms with Crippen LogP contribution in [0.2, 0.25) is 0 Å². The molecule has 2 saturated carbocycles. The van der Waals surface area contributed by atoms with Crippen LogP contribution in [0.25, 0.3) is 0 Å². The lowest BCUT2D eigenvalue weighted by atomic mass is 9.71. The van der Waals surface area contributed by atoms with E-state index in [2.05, 4.69) is 10.6 Å². The van der Waals surface area contributed by atoms with Crippen LogP contribution in [-0.2, 0) is 20.9 Å². The number of carbonyl (C=O) groups is 3. The van der Waals surface area contributed by atoms with E-state index in [4.69, 9.17) is 9.84 Å². The van der Waals surface area contributed by atoms with Crippen LogP contribution in [0.3, 0.4) is 0 Å². The maximum absolute atomic E-state index is 12.1. The Bertz CT molecular complexity index is 826. The maximum atomic E-state index is 12.1. The Balaban J connectivity index is 0.000000308. The van der Waals surface area contributed by atoms with Gasteiger partial charge >= 0.3 is 18.0 Å². The molecule has 1 atom stereocenters. The van der Waals surface area contributed by atoms with E-state index in [1.54, 1.807) is 45.0 Å². The molecule has 37 heavy (non-hydrogen) atoms. The fraction of sp³-hybridized carbons (Fsp3) is 0.690. The predicted molar refractivity (Wildman–Crippen MR) is 143 cm³/mol. The van der Waals surface area contributed by atoms with Crippen LogP contribution in [0, 0.1) is 5.41 Å². The molecule has 0 unspecified atom stereocenters. The van der Waals surface area contributed by atoms with Crippen LogP contribution in [-0.4, -0.2) is 45.9 Å². The Kier molecular flexibility index (Phi) is 12.4. The van der Waals surface area contributed by atoms with Crippen LogP contribution in [0.4, 0.5) is 4.79 Å². The number of nitrogens with one attached hydrogen (secondary N) is 2. The number of amides is 1. The number of rotatable bonds is 9. The van der Waals surface area contributed by atoms with Crippen LogP contribution in [0.15, 0.2) is 30.3 Å². The maximum Gasteiger partial charge on any atom is 0.408 e. The standard InChI is InChI=1S/C17H23NO6.C12H23N/c1-16(2,3)17(14(21)22,10-9-13(19)20)18-15(23)24-11-12-7-5-4-6-8-12;1-3-7-11(8-4-1)13-12-9-5-2-6-10-12/h4-8H,9-11H2,1-3H3,(H,18,23)(H,19,20)(H,21,22);11-13H,1-10H2/t17-;/m0./s1. The summed E-state index contributed by atoms with van der Waals surface area (Å²) in [6, 6.07) is 10.7. The van der Waals surface area contributed by atoms with E-state index in [0.717, 1.165) is 17.6 Å². The van der Waals surface area contributed by atoms with Gasteiger partial charge in [-0.05, 0) is 43.1 Å². The first-order valence-electron chi connectivity index (χ1n) is 13.7. The molecule has 8 nitrogen and oxygen atoms in total. The number of carboxylic acids is 2. The second-order valence-electron chi connectivity index (χ2n) is 11.4. The van der Waals surface area contributed by atoms with Crippen molar-refractivity contribution in [2.45, 2.75) is 122 Å². The lowest BCUT2D eigenvalue weighted by molar-refractivity contribution is -0.151. The summed E-state index contributed by atoms with van der Waals surface area (Å²) >= 11 is 0. The van der Waals surface area contributed by atoms with E-state index >= 15 is 0 Å². The van der Waals surface area contributed by atoms with Crippen molar-refractivity contribution in [2.75, 3.05) is 0 Å². The van der Waals surface area contributed by atoms with Crippen molar-refractivity contribution in [1.29, 1.82) is 0 Å². The lowest BCUT2D eigenvalue weighted by Crippen LogP contribution is -2.62. The highest BCUT2D eigenvalue weighted by Gasteiger charge is 2.50. The van der Waals surface area contributed by atoms with Gasteiger partial charge in [0.15, 0.2) is 0 Å². The molecular weight excluding hydrogens is 472 g/mol. The first kappa shape index (κ1) is 30.6. The Labute approximate surface area is 221 Å². The first-order valence-corrected chi connectivity index (χ1v) is 13.7. The highest BCUT2D eigenvalue weighted by atomic mass is 16.5. The molecule has 0 aliphatic heterocycles. The number of hydrogen-bond donors (Lipinski definition) is 4. The van der Waals surface area contributed by atoms with Gasteiger partial charge in [-0.1, -0.05) is 89.6 Å². The Morgan fingerprint density at radius 3 is 1.81 bits per heavy atom. The van der Waals surface area contributed by atoms with Crippen molar-refractivity contribution in [3.05, 3.63) is 35.9 Å². The van der Waals surface area contributed by atoms with E-state index in [0.29, 0.717) is 0 Å². The number of ether oxygens (including phenoxy) is 1. The van der Waals surface area contributed by atoms with Gasteiger partial charge in [-0.3, -0.25) is 4.79 Å². The highest BCUT2D eigenvalue weighted by Crippen LogP contribution is 2.35. The molecule has 2 aliphatic carbocycles. The monoisotopic (exact) mass is 518 g/mol. The zero-order chi connectivity index (χ0) is 27.3. The molecule has 0 heterocycles. The molecule has 0 saturated heterocycles. The quantitative estimate of drug-likeness (QED) is 0.321. The normalized spacial score (nSPS) is 18.6. The molecule has 1 aromatic carbocycles. The zero-order valence-corrected chi connectivity index (χ0v) is 22.8. The van der Waals surface area contributed by atoms with Crippen LogP contribution in [0.1, 0.15) is 103 Å². The number of carbonyl (C=O) groups excluding carboxylic acids is 1. The fourth-order valence-electron chi connectivity index (χ4n) is 5.21. The molecule has 0 bridgehead atoms. The molecule has 2 fully saturated rings. The smallest absolute Gasteiger partial charge is 0.408 e. The van der Waals surface area contributed by atoms with Crippen molar-refractivity contribution in [2.24, 2.45) is 5.41 Å². The summed E-state index contributed by atoms with van der Waals surface area (Å²) in [6.07, 6.45) is 13.0. The second-order valence-corrected chi connectivity index (χ2v) is 11.4. The van der Waals surface area contributed by atoms with Gasteiger partial charge in [0, 0.05) is 18.5 Å². The topological polar surface area (TPSA) is 125 Å². The largest absolute Gasteiger partial charge is 0.481 e. The van der Waals surface area contributed by atoms with Crippen LogP contribution in [0.5, 0.6) is 0 Å². The molecule has 3 rings (SSSR count). The van der Waals surface area contributed by atoms with Crippen LogP contribution >= 0.6 is 0 Å². The van der Waals surface area contributed by atoms with E-state index in [1.807, 2.05) is 6.07 Å². The highest BCUT2D eigenvalue weighted by molar-refractivity contribution is 5.86. The Morgan fingerprint density at radius 2 is 1.38 bits per heavy atom. The van der Waals surface area contributed by atoms with Gasteiger partial charge in [-0.2, -0.15) is 0 Å². The summed E-state index contributed by atoms with van der Waals surface area (Å²) in [6.45, 7) is 4.87. The average Bonchev–Trinajstić information content (AvgIpc) is 2.86. The van der Waals surface area contributed by atoms with Gasteiger partial charge in [0.2, 0.25) is 0 Å². The lowest BCUT2D eigenvalue weighted by Gasteiger charge is -2.41. The predicted octanol–water partition coefficient (Wildman–Crippen LogP) is 5.89. The Hall–Kier alpha value is -2.61. The molecule has 2 aliphatic rings. The number of aliphatic carboxylic acids is 2. The molecule has 0 aromatic heterocycles. The number of alkyl carbamates (subject to hydrolysis) is 1. The minimum absolute atomic E-state index is 0.00849. The molecule has 4 N–H and O–H groups in total. The van der Waals surface area contributed by atoms with Crippen molar-refractivity contribution in [1.82, 2.24) is 10.6 Å². The van der Waals surface area contributed by atoms with Gasteiger partial charge in [0.05, 0.1) is 0 Å². The van der Waals surface area contributed by atoms with E-state index in [9.17, 15) is 19.5 Å². The summed E-state index contributed by atoms with van der Waals surface area (Å²) in [7, 11) is 0. The molecule has 0 spiro atoms. The molecule has 8 heteroatoms. The summed E-state index contributed by atoms with van der Waals surface area (Å²) < 4.78 is 5.07. The van der Waals surface area contributed by atoms with Gasteiger partial charge in [-0.15, -0.1) is 0 Å². The molecule has 1 amide bonds. The summed E-state index contributed by atoms with van der Waals surface area (Å²) in [5.74, 6) is -2.43. The Morgan fingerprint density at radius 1 is 0.865 bits per heavy atom. The van der Waals surface area contributed by atoms with Crippen molar-refractivity contribution in [3.63, 3.8) is 0 Å². The van der Waals surface area contributed by atoms with Gasteiger partial charge in [0.25, 0.3) is 0 Å². The minimum Gasteiger partial charge on any atom is -0.481 e. The average molecular weight is 519 g/mol. The van der Waals surface area contributed by atoms with Gasteiger partial charge in [-0.25, -0.2) is 9.59 Å². The molecule has 0 radical (unpaired) electrons. The zero-order valence-electron chi connectivity index (χ0n) is 22.8. The summed E-state index contributed by atoms with van der Waals surface area (Å²) in [4.78, 5) is 34.8. The third-order valence-electron chi connectivity index (χ3n) is 7.57. The fourth-order valence-corrected chi connectivity index (χ4v) is 5.21. The minimum atomic E-state index is -1.75. The van der Waals surface area contributed by atoms with Crippen molar-refractivity contribution in [3.8, 4) is 0 Å². The summed E-state index contributed by atoms with van der Waals surface area (Å²) in [5.41, 5.74) is -1.91. The first-order chi connectivity index (χ1) is 17.5. The van der Waals surface area contributed by atoms with E-state index in [1.165, 1.54) is 64.2 Å².